The van der Waals surface area contributed by atoms with Crippen molar-refractivity contribution >= 4 is 50.6 Å². The Morgan fingerprint density at radius 2 is 1.87 bits per heavy atom. The van der Waals surface area contributed by atoms with Crippen LogP contribution in [0.4, 0.5) is 5.69 Å². The van der Waals surface area contributed by atoms with Crippen molar-refractivity contribution in [3.05, 3.63) is 46.2 Å². The molecule has 7 nitrogen and oxygen atoms in total. The van der Waals surface area contributed by atoms with Crippen LogP contribution >= 0.6 is 23.1 Å². The van der Waals surface area contributed by atoms with Gasteiger partial charge >= 0.3 is 0 Å². The molecule has 2 amide bonds. The molecule has 1 aliphatic rings. The third kappa shape index (κ3) is 5.05. The third-order valence-electron chi connectivity index (χ3n) is 4.81. The van der Waals surface area contributed by atoms with Crippen LogP contribution in [0, 0.1) is 0 Å². The first kappa shape index (κ1) is 22.8. The lowest BCUT2D eigenvalue weighted by atomic mass is 10.1. The summed E-state index contributed by atoms with van der Waals surface area (Å²) in [7, 11) is -2.23. The van der Waals surface area contributed by atoms with Gasteiger partial charge < -0.3 is 10.2 Å². The Bertz CT molecular complexity index is 1010. The van der Waals surface area contributed by atoms with Gasteiger partial charge in [0.15, 0.2) is 0 Å². The summed E-state index contributed by atoms with van der Waals surface area (Å²) >= 11 is 2.79. The molecule has 0 radical (unpaired) electrons. The molecule has 1 fully saturated rings. The first-order valence-corrected chi connectivity index (χ1v) is 13.1. The van der Waals surface area contributed by atoms with E-state index in [1.807, 2.05) is 31.2 Å². The fraction of sp³-hybridized carbons (Fsp3) is 0.400. The van der Waals surface area contributed by atoms with E-state index in [-0.39, 0.29) is 22.2 Å². The lowest BCUT2D eigenvalue weighted by Gasteiger charge is -2.26. The maximum Gasteiger partial charge on any atom is 0.265 e. The summed E-state index contributed by atoms with van der Waals surface area (Å²) in [6.45, 7) is 2.70. The zero-order chi connectivity index (χ0) is 21.7. The molecular formula is C20H25N3O4S3. The van der Waals surface area contributed by atoms with Crippen LogP contribution in [0.3, 0.4) is 0 Å². The molecular weight excluding hydrogens is 442 g/mol. The normalized spacial score (nSPS) is 15.0. The van der Waals surface area contributed by atoms with Crippen LogP contribution in [0.25, 0.3) is 0 Å². The van der Waals surface area contributed by atoms with Gasteiger partial charge in [0.1, 0.15) is 9.77 Å². The van der Waals surface area contributed by atoms with Gasteiger partial charge in [0, 0.05) is 37.3 Å². The van der Waals surface area contributed by atoms with Crippen LogP contribution in [-0.2, 0) is 21.2 Å². The van der Waals surface area contributed by atoms with Gasteiger partial charge in [0.05, 0.1) is 6.54 Å². The van der Waals surface area contributed by atoms with E-state index < -0.39 is 15.9 Å². The second kappa shape index (κ2) is 9.95. The standard InChI is InChI=1S/C20H25N3O4S3/c1-3-15-6-4-5-7-16(15)21-18(24)14-22(2)20(25)19-17(8-11-29-19)30(26,27)23-9-12-28-13-10-23/h4-8,11H,3,9-10,12-14H2,1-2H3,(H,21,24). The molecule has 0 aliphatic carbocycles. The highest BCUT2D eigenvalue weighted by Crippen LogP contribution is 2.28. The fourth-order valence-electron chi connectivity index (χ4n) is 3.18. The van der Waals surface area contributed by atoms with E-state index in [2.05, 4.69) is 5.32 Å². The van der Waals surface area contributed by atoms with Gasteiger partial charge in [-0.3, -0.25) is 9.59 Å². The van der Waals surface area contributed by atoms with Crippen molar-refractivity contribution in [2.75, 3.05) is 43.5 Å². The monoisotopic (exact) mass is 467 g/mol. The van der Waals surface area contributed by atoms with Crippen LogP contribution in [0.1, 0.15) is 22.2 Å². The summed E-state index contributed by atoms with van der Waals surface area (Å²) in [5.74, 6) is 0.674. The van der Waals surface area contributed by atoms with E-state index in [0.717, 1.165) is 34.8 Å². The number of benzene rings is 1. The molecule has 2 heterocycles. The smallest absolute Gasteiger partial charge is 0.265 e. The molecule has 0 spiro atoms. The number of sulfonamides is 1. The number of likely N-dealkylation sites (N-methyl/N-ethyl adjacent to an activating group) is 1. The number of rotatable bonds is 7. The number of nitrogens with one attached hydrogen (secondary N) is 1. The van der Waals surface area contributed by atoms with Gasteiger partial charge in [-0.2, -0.15) is 16.1 Å². The molecule has 1 aliphatic heterocycles. The van der Waals surface area contributed by atoms with Crippen molar-refractivity contribution in [3.63, 3.8) is 0 Å². The van der Waals surface area contributed by atoms with E-state index in [4.69, 9.17) is 0 Å². The highest BCUT2D eigenvalue weighted by molar-refractivity contribution is 7.99. The highest BCUT2D eigenvalue weighted by Gasteiger charge is 2.32. The van der Waals surface area contributed by atoms with E-state index in [9.17, 15) is 18.0 Å². The molecule has 1 aromatic heterocycles. The number of amides is 2. The largest absolute Gasteiger partial charge is 0.332 e. The van der Waals surface area contributed by atoms with Crippen LogP contribution < -0.4 is 5.32 Å². The number of hydrogen-bond donors (Lipinski definition) is 1. The Labute approximate surface area is 185 Å². The summed E-state index contributed by atoms with van der Waals surface area (Å²) in [5.41, 5.74) is 1.72. The fourth-order valence-corrected chi connectivity index (χ4v) is 7.15. The minimum Gasteiger partial charge on any atom is -0.332 e. The van der Waals surface area contributed by atoms with Gasteiger partial charge in [-0.25, -0.2) is 8.42 Å². The summed E-state index contributed by atoms with van der Waals surface area (Å²) in [4.78, 5) is 26.8. The van der Waals surface area contributed by atoms with Crippen molar-refractivity contribution in [2.45, 2.75) is 18.2 Å². The van der Waals surface area contributed by atoms with Gasteiger partial charge in [-0.1, -0.05) is 25.1 Å². The van der Waals surface area contributed by atoms with Crippen molar-refractivity contribution in [3.8, 4) is 0 Å². The molecule has 0 unspecified atom stereocenters. The minimum atomic E-state index is -3.73. The molecule has 2 aromatic rings. The molecule has 162 valence electrons. The Hall–Kier alpha value is -1.88. The van der Waals surface area contributed by atoms with Gasteiger partial charge in [-0.15, -0.1) is 11.3 Å². The molecule has 0 bridgehead atoms. The molecule has 0 atom stereocenters. The Morgan fingerprint density at radius 3 is 2.57 bits per heavy atom. The summed E-state index contributed by atoms with van der Waals surface area (Å²) in [5, 5.41) is 4.43. The predicted molar refractivity (Wildman–Crippen MR) is 122 cm³/mol. The average Bonchev–Trinajstić information content (AvgIpc) is 3.25. The van der Waals surface area contributed by atoms with Crippen LogP contribution in [0.15, 0.2) is 40.6 Å². The zero-order valence-corrected chi connectivity index (χ0v) is 19.4. The van der Waals surface area contributed by atoms with E-state index >= 15 is 0 Å². The lowest BCUT2D eigenvalue weighted by molar-refractivity contribution is -0.116. The van der Waals surface area contributed by atoms with Crippen LogP contribution in [0.2, 0.25) is 0 Å². The maximum atomic E-state index is 13.0. The molecule has 1 N–H and O–H groups in total. The number of hydrogen-bond acceptors (Lipinski definition) is 6. The quantitative estimate of drug-likeness (QED) is 0.677. The Morgan fingerprint density at radius 1 is 1.17 bits per heavy atom. The number of anilines is 1. The van der Waals surface area contributed by atoms with Crippen LogP contribution in [-0.4, -0.2) is 67.6 Å². The molecule has 30 heavy (non-hydrogen) atoms. The van der Waals surface area contributed by atoms with Crippen molar-refractivity contribution < 1.29 is 18.0 Å². The number of thiophene rings is 1. The minimum absolute atomic E-state index is 0.0213. The molecule has 1 aromatic carbocycles. The van der Waals surface area contributed by atoms with E-state index in [1.54, 1.807) is 17.1 Å². The molecule has 10 heteroatoms. The predicted octanol–water partition coefficient (Wildman–Crippen LogP) is 2.76. The number of nitrogens with zero attached hydrogens (tertiary/aromatic N) is 2. The number of carbonyl (C=O) groups excluding carboxylic acids is 2. The van der Waals surface area contributed by atoms with Gasteiger partial charge in [-0.05, 0) is 29.5 Å². The first-order valence-electron chi connectivity index (χ1n) is 9.63. The SMILES string of the molecule is CCc1ccccc1NC(=O)CN(C)C(=O)c1sccc1S(=O)(=O)N1CCSCC1. The van der Waals surface area contributed by atoms with Gasteiger partial charge in [0.2, 0.25) is 15.9 Å². The van der Waals surface area contributed by atoms with Crippen molar-refractivity contribution in [1.82, 2.24) is 9.21 Å². The molecule has 3 rings (SSSR count). The second-order valence-electron chi connectivity index (χ2n) is 6.85. The Kier molecular flexibility index (Phi) is 7.56. The van der Waals surface area contributed by atoms with E-state index in [0.29, 0.717) is 18.8 Å². The lowest BCUT2D eigenvalue weighted by Crippen LogP contribution is -2.39. The summed E-state index contributed by atoms with van der Waals surface area (Å²) in [6, 6.07) is 8.97. The first-order chi connectivity index (χ1) is 14.3. The average molecular weight is 468 g/mol. The highest BCUT2D eigenvalue weighted by atomic mass is 32.2. The van der Waals surface area contributed by atoms with Crippen molar-refractivity contribution in [1.29, 1.82) is 0 Å². The van der Waals surface area contributed by atoms with Gasteiger partial charge in [0.25, 0.3) is 5.91 Å². The number of thioether (sulfide) groups is 1. The molecule has 0 saturated carbocycles. The topological polar surface area (TPSA) is 86.8 Å². The zero-order valence-electron chi connectivity index (χ0n) is 17.0. The van der Waals surface area contributed by atoms with Crippen LogP contribution in [0.5, 0.6) is 0 Å². The number of carbonyl (C=O) groups is 2. The summed E-state index contributed by atoms with van der Waals surface area (Å²) < 4.78 is 27.4. The third-order valence-corrected chi connectivity index (χ3v) is 8.73. The molecule has 1 saturated heterocycles. The second-order valence-corrected chi connectivity index (χ2v) is 10.9. The van der Waals surface area contributed by atoms with Crippen molar-refractivity contribution in [2.24, 2.45) is 0 Å². The number of aryl methyl sites for hydroxylation is 1. The number of para-hydroxylation sites is 1. The summed E-state index contributed by atoms with van der Waals surface area (Å²) in [6.07, 6.45) is 0.774. The Balaban J connectivity index is 1.71. The maximum absolute atomic E-state index is 13.0. The van der Waals surface area contributed by atoms with E-state index in [1.165, 1.54) is 22.3 Å².